The van der Waals surface area contributed by atoms with Crippen molar-refractivity contribution in [3.05, 3.63) is 222 Å². The number of nitrogens with zero attached hydrogens (tertiary/aromatic N) is 1. The van der Waals surface area contributed by atoms with Crippen molar-refractivity contribution in [1.82, 2.24) is 4.57 Å². The maximum Gasteiger partial charge on any atom is 0.0725 e. The highest BCUT2D eigenvalue weighted by atomic mass is 15.0. The minimum atomic E-state index is -0.389. The van der Waals surface area contributed by atoms with Crippen LogP contribution in [0.1, 0.15) is 22.3 Å². The van der Waals surface area contributed by atoms with Crippen molar-refractivity contribution in [2.24, 2.45) is 0 Å². The molecule has 12 rings (SSSR count). The average molecular weight is 684 g/mol. The van der Waals surface area contributed by atoms with Crippen LogP contribution in [-0.4, -0.2) is 4.57 Å². The van der Waals surface area contributed by atoms with Crippen LogP contribution in [0.15, 0.2) is 200 Å². The fourth-order valence-electron chi connectivity index (χ4n) is 10.0. The summed E-state index contributed by atoms with van der Waals surface area (Å²) in [6.07, 6.45) is 0. The molecule has 2 aliphatic rings. The summed E-state index contributed by atoms with van der Waals surface area (Å²) in [6, 6.07) is 74.4. The van der Waals surface area contributed by atoms with Gasteiger partial charge in [0.2, 0.25) is 0 Å². The lowest BCUT2D eigenvalue weighted by molar-refractivity contribution is 0.794. The van der Waals surface area contributed by atoms with Gasteiger partial charge in [0.15, 0.2) is 0 Å². The van der Waals surface area contributed by atoms with E-state index in [0.717, 1.165) is 5.69 Å². The molecule has 0 bridgehead atoms. The van der Waals surface area contributed by atoms with Crippen LogP contribution in [0.25, 0.3) is 82.8 Å². The third-order valence-electron chi connectivity index (χ3n) is 12.2. The molecule has 0 saturated carbocycles. The number of para-hydroxylation sites is 1. The lowest BCUT2D eigenvalue weighted by Crippen LogP contribution is -2.25. The second kappa shape index (κ2) is 11.0. The van der Waals surface area contributed by atoms with Crippen LogP contribution in [-0.2, 0) is 5.41 Å². The topological polar surface area (TPSA) is 4.93 Å². The largest absolute Gasteiger partial charge is 0.309 e. The number of fused-ring (bicyclic) bond motifs is 15. The summed E-state index contributed by atoms with van der Waals surface area (Å²) in [5, 5.41) is 5.13. The number of hydrogen-bond acceptors (Lipinski definition) is 0. The first-order chi connectivity index (χ1) is 26.8. The van der Waals surface area contributed by atoms with Crippen molar-refractivity contribution in [1.29, 1.82) is 0 Å². The number of benzene rings is 9. The van der Waals surface area contributed by atoms with Crippen molar-refractivity contribution < 1.29 is 0 Å². The van der Waals surface area contributed by atoms with Crippen molar-refractivity contribution in [2.45, 2.75) is 5.41 Å². The Morgan fingerprint density at radius 1 is 0.315 bits per heavy atom. The molecule has 1 unspecified atom stereocenters. The molecule has 0 aliphatic heterocycles. The molecule has 250 valence electrons. The summed E-state index contributed by atoms with van der Waals surface area (Å²) in [5.74, 6) is 0. The first kappa shape index (κ1) is 29.6. The summed E-state index contributed by atoms with van der Waals surface area (Å²) in [6.45, 7) is 0. The van der Waals surface area contributed by atoms with E-state index in [-0.39, 0.29) is 5.41 Å². The zero-order chi connectivity index (χ0) is 35.4. The zero-order valence-electron chi connectivity index (χ0n) is 29.5. The molecule has 54 heavy (non-hydrogen) atoms. The highest BCUT2D eigenvalue weighted by Gasteiger charge is 2.52. The van der Waals surface area contributed by atoms with Crippen LogP contribution in [0, 0.1) is 0 Å². The van der Waals surface area contributed by atoms with Gasteiger partial charge in [-0.05, 0) is 108 Å². The zero-order valence-corrected chi connectivity index (χ0v) is 29.5. The molecule has 1 nitrogen and oxygen atoms in total. The fraction of sp³-hybridized carbons (Fsp3) is 0.0189. The van der Waals surface area contributed by atoms with Crippen molar-refractivity contribution >= 4 is 32.6 Å². The summed E-state index contributed by atoms with van der Waals surface area (Å²) in [7, 11) is 0. The monoisotopic (exact) mass is 683 g/mol. The molecule has 0 saturated heterocycles. The maximum atomic E-state index is 2.42. The normalized spacial score (nSPS) is 15.1. The van der Waals surface area contributed by atoms with E-state index in [1.807, 2.05) is 0 Å². The number of rotatable bonds is 3. The number of aromatic nitrogens is 1. The molecule has 1 heterocycles. The Morgan fingerprint density at radius 2 is 0.907 bits per heavy atom. The Morgan fingerprint density at radius 3 is 1.72 bits per heavy atom. The Labute approximate surface area is 314 Å². The van der Waals surface area contributed by atoms with Crippen LogP contribution in [0.3, 0.4) is 0 Å². The lowest BCUT2D eigenvalue weighted by atomic mass is 9.70. The molecule has 9 aromatic carbocycles. The quantitative estimate of drug-likeness (QED) is 0.175. The molecule has 1 aromatic heterocycles. The molecule has 0 amide bonds. The van der Waals surface area contributed by atoms with Gasteiger partial charge in [-0.25, -0.2) is 0 Å². The maximum absolute atomic E-state index is 2.42. The lowest BCUT2D eigenvalue weighted by Gasteiger charge is -2.30. The molecule has 0 radical (unpaired) electrons. The van der Waals surface area contributed by atoms with Gasteiger partial charge in [0, 0.05) is 16.5 Å². The summed E-state index contributed by atoms with van der Waals surface area (Å²) in [4.78, 5) is 0. The highest BCUT2D eigenvalue weighted by molar-refractivity contribution is 6.11. The summed E-state index contributed by atoms with van der Waals surface area (Å²) < 4.78 is 2.42. The standard InChI is InChI=1S/C53H33N/c1-2-13-34(14-3-1)37-28-32-50-44(33-37)41-17-8-11-24-49(41)54(50)38-29-25-36(26-30-38)40-20-12-23-47-51(40)42-18-6-9-21-45(42)53(47)46-22-10-7-19-43(46)52-39-16-5-4-15-35(39)27-31-48(52)53/h1-33H. The SMILES string of the molecule is c1ccc(-c2ccc3c(c2)c2ccccc2n3-c2ccc(-c3cccc4c3-c3ccccc3C43c4ccccc4-c4c3ccc3ccccc43)cc2)cc1. The van der Waals surface area contributed by atoms with Crippen molar-refractivity contribution in [2.75, 3.05) is 0 Å². The van der Waals surface area contributed by atoms with E-state index in [4.69, 9.17) is 0 Å². The van der Waals surface area contributed by atoms with E-state index in [1.54, 1.807) is 0 Å². The van der Waals surface area contributed by atoms with Gasteiger partial charge in [-0.1, -0.05) is 170 Å². The smallest absolute Gasteiger partial charge is 0.0725 e. The van der Waals surface area contributed by atoms with Gasteiger partial charge in [0.05, 0.1) is 16.4 Å². The third-order valence-corrected chi connectivity index (χ3v) is 12.2. The first-order valence-corrected chi connectivity index (χ1v) is 18.9. The Hall–Kier alpha value is -6.96. The summed E-state index contributed by atoms with van der Waals surface area (Å²) >= 11 is 0. The number of hydrogen-bond donors (Lipinski definition) is 0. The van der Waals surface area contributed by atoms with Gasteiger partial charge in [0.1, 0.15) is 0 Å². The Kier molecular flexibility index (Phi) is 6.04. The van der Waals surface area contributed by atoms with Crippen LogP contribution < -0.4 is 0 Å². The van der Waals surface area contributed by atoms with E-state index < -0.39 is 0 Å². The molecule has 2 aliphatic carbocycles. The van der Waals surface area contributed by atoms with Gasteiger partial charge in [-0.3, -0.25) is 0 Å². The third kappa shape index (κ3) is 3.83. The first-order valence-electron chi connectivity index (χ1n) is 18.9. The van der Waals surface area contributed by atoms with Gasteiger partial charge in [-0.2, -0.15) is 0 Å². The molecule has 0 N–H and O–H groups in total. The van der Waals surface area contributed by atoms with E-state index >= 15 is 0 Å². The molecular formula is C53H33N. The van der Waals surface area contributed by atoms with Crippen LogP contribution >= 0.6 is 0 Å². The predicted molar refractivity (Wildman–Crippen MR) is 225 cm³/mol. The molecule has 10 aromatic rings. The Balaban J connectivity index is 1.05. The van der Waals surface area contributed by atoms with Gasteiger partial charge in [0.25, 0.3) is 0 Å². The van der Waals surface area contributed by atoms with Gasteiger partial charge >= 0.3 is 0 Å². The second-order valence-corrected chi connectivity index (χ2v) is 14.8. The van der Waals surface area contributed by atoms with E-state index in [2.05, 4.69) is 205 Å². The van der Waals surface area contributed by atoms with Crippen LogP contribution in [0.4, 0.5) is 0 Å². The molecule has 1 atom stereocenters. The minimum Gasteiger partial charge on any atom is -0.309 e. The second-order valence-electron chi connectivity index (χ2n) is 14.8. The average Bonchev–Trinajstić information content (AvgIpc) is 3.86. The predicted octanol–water partition coefficient (Wildman–Crippen LogP) is 13.6. The van der Waals surface area contributed by atoms with Gasteiger partial charge in [-0.15, -0.1) is 0 Å². The van der Waals surface area contributed by atoms with E-state index in [9.17, 15) is 0 Å². The molecule has 1 spiro atoms. The Bertz CT molecular complexity index is 3150. The summed E-state index contributed by atoms with van der Waals surface area (Å²) in [5.41, 5.74) is 19.0. The molecule has 1 heteroatoms. The van der Waals surface area contributed by atoms with E-state index in [1.165, 1.54) is 99.3 Å². The molecular weight excluding hydrogens is 651 g/mol. The van der Waals surface area contributed by atoms with Crippen molar-refractivity contribution in [3.8, 4) is 50.2 Å². The highest BCUT2D eigenvalue weighted by Crippen LogP contribution is 2.64. The van der Waals surface area contributed by atoms with Crippen LogP contribution in [0.2, 0.25) is 0 Å². The fourth-order valence-corrected chi connectivity index (χ4v) is 10.0. The minimum absolute atomic E-state index is 0.389. The van der Waals surface area contributed by atoms with Gasteiger partial charge < -0.3 is 4.57 Å². The van der Waals surface area contributed by atoms with Crippen molar-refractivity contribution in [3.63, 3.8) is 0 Å². The van der Waals surface area contributed by atoms with Crippen LogP contribution in [0.5, 0.6) is 0 Å². The molecule has 0 fully saturated rings. The van der Waals surface area contributed by atoms with E-state index in [0.29, 0.717) is 0 Å².